The average molecular weight is 448 g/mol. The lowest BCUT2D eigenvalue weighted by atomic mass is 10.2. The van der Waals surface area contributed by atoms with Gasteiger partial charge in [0.2, 0.25) is 0 Å². The zero-order valence-corrected chi connectivity index (χ0v) is 17.1. The molecule has 1 aliphatic heterocycles. The van der Waals surface area contributed by atoms with Crippen LogP contribution in [-0.2, 0) is 6.18 Å². The highest BCUT2D eigenvalue weighted by molar-refractivity contribution is 7.13. The Bertz CT molecular complexity index is 1200. The molecule has 0 radical (unpaired) electrons. The molecule has 0 bridgehead atoms. The normalized spacial score (nSPS) is 17.2. The molecule has 1 amide bonds. The van der Waals surface area contributed by atoms with Gasteiger partial charge in [0.1, 0.15) is 0 Å². The van der Waals surface area contributed by atoms with Gasteiger partial charge in [-0.05, 0) is 41.8 Å². The van der Waals surface area contributed by atoms with Gasteiger partial charge in [0, 0.05) is 17.5 Å². The number of amides is 1. The van der Waals surface area contributed by atoms with Gasteiger partial charge in [0.05, 0.1) is 16.6 Å². The van der Waals surface area contributed by atoms with Gasteiger partial charge in [-0.25, -0.2) is 9.50 Å². The number of carbonyl (C=O) groups is 1. The Kier molecular flexibility index (Phi) is 4.62. The van der Waals surface area contributed by atoms with Crippen LogP contribution < -0.4 is 0 Å². The van der Waals surface area contributed by atoms with E-state index in [1.54, 1.807) is 33.7 Å². The Morgan fingerprint density at radius 3 is 2.63 bits per heavy atom. The first-order valence-corrected chi connectivity index (χ1v) is 11.0. The molecule has 5 nitrogen and oxygen atoms in total. The molecule has 4 aromatic heterocycles. The summed E-state index contributed by atoms with van der Waals surface area (Å²) < 4.78 is 41.9. The molecular weight excluding hydrogens is 433 g/mol. The largest absolute Gasteiger partial charge is 0.433 e. The number of rotatable bonds is 3. The van der Waals surface area contributed by atoms with E-state index in [0.29, 0.717) is 11.4 Å². The molecule has 1 fully saturated rings. The molecule has 0 N–H and O–H groups in total. The van der Waals surface area contributed by atoms with E-state index in [-0.39, 0.29) is 29.0 Å². The van der Waals surface area contributed by atoms with Crippen molar-refractivity contribution in [2.45, 2.75) is 25.1 Å². The van der Waals surface area contributed by atoms with Crippen LogP contribution in [0.4, 0.5) is 13.2 Å². The number of thiophene rings is 2. The summed E-state index contributed by atoms with van der Waals surface area (Å²) in [5.74, 6) is -0.373. The molecule has 5 rings (SSSR count). The minimum Gasteiger partial charge on any atom is -0.329 e. The van der Waals surface area contributed by atoms with E-state index < -0.39 is 11.9 Å². The van der Waals surface area contributed by atoms with Crippen molar-refractivity contribution in [3.8, 4) is 10.6 Å². The number of aromatic nitrogens is 3. The number of hydrogen-bond acceptors (Lipinski definition) is 5. The number of fused-ring (bicyclic) bond motifs is 1. The van der Waals surface area contributed by atoms with E-state index in [1.807, 2.05) is 17.5 Å². The van der Waals surface area contributed by atoms with Crippen LogP contribution in [0.1, 0.15) is 39.9 Å². The highest BCUT2D eigenvalue weighted by Gasteiger charge is 2.37. The Morgan fingerprint density at radius 1 is 1.13 bits per heavy atom. The predicted molar refractivity (Wildman–Crippen MR) is 109 cm³/mol. The maximum atomic E-state index is 13.7. The van der Waals surface area contributed by atoms with Crippen LogP contribution in [0.25, 0.3) is 16.2 Å². The standard InChI is InChI=1S/C20H15F3N4OS2/c21-20(22,23)17-10-12(15-5-2-8-29-15)24-18-11-13(25-27(17)18)19(28)26-7-1-4-14(26)16-6-3-9-30-16/h2-3,5-6,8-11,14H,1,4,7H2. The van der Waals surface area contributed by atoms with E-state index in [2.05, 4.69) is 10.1 Å². The minimum atomic E-state index is -4.63. The third-order valence-electron chi connectivity index (χ3n) is 5.10. The van der Waals surface area contributed by atoms with E-state index >= 15 is 0 Å². The summed E-state index contributed by atoms with van der Waals surface area (Å²) in [4.78, 5) is 20.9. The van der Waals surface area contributed by atoms with Gasteiger partial charge in [-0.15, -0.1) is 22.7 Å². The van der Waals surface area contributed by atoms with E-state index in [4.69, 9.17) is 0 Å². The third kappa shape index (κ3) is 3.29. The van der Waals surface area contributed by atoms with Gasteiger partial charge in [-0.3, -0.25) is 4.79 Å². The van der Waals surface area contributed by atoms with Gasteiger partial charge in [0.25, 0.3) is 5.91 Å². The third-order valence-corrected chi connectivity index (χ3v) is 6.96. The fourth-order valence-corrected chi connectivity index (χ4v) is 5.32. The number of likely N-dealkylation sites (tertiary alicyclic amines) is 1. The summed E-state index contributed by atoms with van der Waals surface area (Å²) >= 11 is 2.87. The quantitative estimate of drug-likeness (QED) is 0.415. The smallest absolute Gasteiger partial charge is 0.329 e. The molecule has 0 aliphatic carbocycles. The summed E-state index contributed by atoms with van der Waals surface area (Å²) in [5.41, 5.74) is -0.768. The van der Waals surface area contributed by atoms with Gasteiger partial charge in [0.15, 0.2) is 17.0 Å². The van der Waals surface area contributed by atoms with Crippen LogP contribution in [0.15, 0.2) is 47.2 Å². The average Bonchev–Trinajstić information content (AvgIpc) is 3.51. The second kappa shape index (κ2) is 7.21. The summed E-state index contributed by atoms with van der Waals surface area (Å²) in [5, 5.41) is 7.74. The lowest BCUT2D eigenvalue weighted by Gasteiger charge is -2.22. The highest BCUT2D eigenvalue weighted by atomic mass is 32.1. The van der Waals surface area contributed by atoms with Crippen molar-refractivity contribution in [1.29, 1.82) is 0 Å². The molecule has 5 heterocycles. The second-order valence-electron chi connectivity index (χ2n) is 6.97. The van der Waals surface area contributed by atoms with Crippen LogP contribution >= 0.6 is 22.7 Å². The maximum absolute atomic E-state index is 13.7. The van der Waals surface area contributed by atoms with Crippen molar-refractivity contribution < 1.29 is 18.0 Å². The Morgan fingerprint density at radius 2 is 1.93 bits per heavy atom. The molecule has 1 unspecified atom stereocenters. The zero-order chi connectivity index (χ0) is 20.9. The van der Waals surface area contributed by atoms with E-state index in [0.717, 1.165) is 28.3 Å². The second-order valence-corrected chi connectivity index (χ2v) is 8.90. The van der Waals surface area contributed by atoms with Crippen LogP contribution in [0, 0.1) is 0 Å². The number of halogens is 3. The minimum absolute atomic E-state index is 0.00319. The molecule has 1 saturated heterocycles. The SMILES string of the molecule is O=C(c1cc2nc(-c3cccs3)cc(C(F)(F)F)n2n1)N1CCCC1c1cccs1. The summed E-state index contributed by atoms with van der Waals surface area (Å²) in [7, 11) is 0. The van der Waals surface area contributed by atoms with Crippen molar-refractivity contribution in [3.63, 3.8) is 0 Å². The summed E-state index contributed by atoms with van der Waals surface area (Å²) in [6.07, 6.45) is -2.96. The Hall–Kier alpha value is -2.72. The molecule has 1 atom stereocenters. The molecule has 4 aromatic rings. The van der Waals surface area contributed by atoms with Crippen LogP contribution in [-0.4, -0.2) is 31.9 Å². The van der Waals surface area contributed by atoms with E-state index in [9.17, 15) is 18.0 Å². The van der Waals surface area contributed by atoms with Gasteiger partial charge < -0.3 is 4.90 Å². The molecule has 0 aromatic carbocycles. The molecule has 0 saturated carbocycles. The topological polar surface area (TPSA) is 50.5 Å². The zero-order valence-electron chi connectivity index (χ0n) is 15.5. The molecule has 10 heteroatoms. The van der Waals surface area contributed by atoms with Crippen molar-refractivity contribution in [1.82, 2.24) is 19.5 Å². The van der Waals surface area contributed by atoms with Crippen molar-refractivity contribution >= 4 is 34.2 Å². The van der Waals surface area contributed by atoms with E-state index in [1.165, 1.54) is 17.4 Å². The van der Waals surface area contributed by atoms with Crippen molar-refractivity contribution in [2.24, 2.45) is 0 Å². The molecule has 1 aliphatic rings. The first-order chi connectivity index (χ1) is 14.4. The fourth-order valence-electron chi connectivity index (χ4n) is 3.77. The monoisotopic (exact) mass is 448 g/mol. The number of carbonyl (C=O) groups excluding carboxylic acids is 1. The number of hydrogen-bond donors (Lipinski definition) is 0. The van der Waals surface area contributed by atoms with Gasteiger partial charge >= 0.3 is 6.18 Å². The lowest BCUT2D eigenvalue weighted by Crippen LogP contribution is -2.30. The Labute approximate surface area is 177 Å². The predicted octanol–water partition coefficient (Wildman–Crippen LogP) is 5.52. The molecule has 30 heavy (non-hydrogen) atoms. The summed E-state index contributed by atoms with van der Waals surface area (Å²) in [6, 6.07) is 9.62. The maximum Gasteiger partial charge on any atom is 0.433 e. The van der Waals surface area contributed by atoms with Gasteiger partial charge in [-0.2, -0.15) is 18.3 Å². The summed E-state index contributed by atoms with van der Waals surface area (Å²) in [6.45, 7) is 0.551. The van der Waals surface area contributed by atoms with Crippen LogP contribution in [0.5, 0.6) is 0 Å². The lowest BCUT2D eigenvalue weighted by molar-refractivity contribution is -0.142. The van der Waals surface area contributed by atoms with Gasteiger partial charge in [-0.1, -0.05) is 12.1 Å². The molecular formula is C20H15F3N4OS2. The first-order valence-electron chi connectivity index (χ1n) is 9.28. The van der Waals surface area contributed by atoms with Crippen LogP contribution in [0.2, 0.25) is 0 Å². The number of nitrogens with zero attached hydrogens (tertiary/aromatic N) is 4. The van der Waals surface area contributed by atoms with Crippen LogP contribution in [0.3, 0.4) is 0 Å². The fraction of sp³-hybridized carbons (Fsp3) is 0.250. The first kappa shape index (κ1) is 19.3. The van der Waals surface area contributed by atoms with Crippen molar-refractivity contribution in [2.75, 3.05) is 6.54 Å². The highest BCUT2D eigenvalue weighted by Crippen LogP contribution is 2.36. The number of alkyl halides is 3. The van der Waals surface area contributed by atoms with Crippen molar-refractivity contribution in [3.05, 3.63) is 63.4 Å². The molecule has 154 valence electrons. The molecule has 0 spiro atoms. The Balaban J connectivity index is 1.58.